The van der Waals surface area contributed by atoms with Gasteiger partial charge in [-0.15, -0.1) is 0 Å². The van der Waals surface area contributed by atoms with Crippen molar-refractivity contribution >= 4 is 11.5 Å². The molecule has 1 aromatic rings. The van der Waals surface area contributed by atoms with Crippen LogP contribution in [0.1, 0.15) is 31.7 Å². The molecule has 0 amide bonds. The molecule has 0 saturated carbocycles. The van der Waals surface area contributed by atoms with Crippen molar-refractivity contribution in [3.05, 3.63) is 41.7 Å². The summed E-state index contributed by atoms with van der Waals surface area (Å²) in [7, 11) is 0. The highest BCUT2D eigenvalue weighted by atomic mass is 19.1. The molecule has 0 radical (unpaired) electrons. The number of carboxylic acids is 1. The van der Waals surface area contributed by atoms with Gasteiger partial charge in [0.2, 0.25) is 0 Å². The third kappa shape index (κ3) is 4.26. The van der Waals surface area contributed by atoms with Crippen LogP contribution in [0.15, 0.2) is 30.3 Å². The second-order valence-corrected chi connectivity index (χ2v) is 3.68. The van der Waals surface area contributed by atoms with Gasteiger partial charge in [-0.05, 0) is 43.0 Å². The third-order valence-corrected chi connectivity index (χ3v) is 2.34. The highest BCUT2D eigenvalue weighted by molar-refractivity contribution is 5.67. The van der Waals surface area contributed by atoms with E-state index < -0.39 is 5.97 Å². The molecule has 0 fully saturated rings. The zero-order valence-corrected chi connectivity index (χ0v) is 9.24. The Morgan fingerprint density at radius 1 is 1.38 bits per heavy atom. The van der Waals surface area contributed by atoms with E-state index in [1.807, 2.05) is 13.0 Å². The summed E-state index contributed by atoms with van der Waals surface area (Å²) in [5.41, 5.74) is 2.02. The normalized spacial score (nSPS) is 11.5. The molecular weight excluding hydrogens is 207 g/mol. The Hall–Kier alpha value is -1.64. The van der Waals surface area contributed by atoms with Crippen LogP contribution in [0.25, 0.3) is 5.57 Å². The Labute approximate surface area is 94.4 Å². The van der Waals surface area contributed by atoms with E-state index >= 15 is 0 Å². The van der Waals surface area contributed by atoms with Crippen LogP contribution >= 0.6 is 0 Å². The molecule has 0 unspecified atom stereocenters. The second kappa shape index (κ2) is 6.05. The molecule has 3 heteroatoms. The molecule has 1 aromatic carbocycles. The molecule has 2 nitrogen and oxygen atoms in total. The summed E-state index contributed by atoms with van der Waals surface area (Å²) in [6.07, 6.45) is 3.53. The van der Waals surface area contributed by atoms with E-state index in [1.54, 1.807) is 12.1 Å². The average Bonchev–Trinajstić information content (AvgIpc) is 2.25. The van der Waals surface area contributed by atoms with Crippen molar-refractivity contribution in [2.75, 3.05) is 0 Å². The van der Waals surface area contributed by atoms with Gasteiger partial charge >= 0.3 is 5.97 Å². The Bertz CT molecular complexity index is 379. The number of aliphatic carboxylic acids is 1. The van der Waals surface area contributed by atoms with Crippen molar-refractivity contribution in [1.82, 2.24) is 0 Å². The van der Waals surface area contributed by atoms with Crippen LogP contribution in [0.2, 0.25) is 0 Å². The Morgan fingerprint density at radius 3 is 2.56 bits per heavy atom. The Morgan fingerprint density at radius 2 is 2.00 bits per heavy atom. The van der Waals surface area contributed by atoms with E-state index in [4.69, 9.17) is 5.11 Å². The molecular formula is C13H15FO2. The zero-order valence-electron chi connectivity index (χ0n) is 9.24. The first-order valence-electron chi connectivity index (χ1n) is 5.24. The number of hydrogen-bond donors (Lipinski definition) is 1. The fourth-order valence-electron chi connectivity index (χ4n) is 1.40. The van der Waals surface area contributed by atoms with Crippen LogP contribution in [0.5, 0.6) is 0 Å². The van der Waals surface area contributed by atoms with Gasteiger partial charge in [0.15, 0.2) is 0 Å². The molecule has 86 valence electrons. The van der Waals surface area contributed by atoms with Gasteiger partial charge in [0.1, 0.15) is 5.82 Å². The molecule has 0 aliphatic heterocycles. The lowest BCUT2D eigenvalue weighted by Crippen LogP contribution is -1.92. The number of carbonyl (C=O) groups is 1. The quantitative estimate of drug-likeness (QED) is 0.774. The maximum absolute atomic E-state index is 12.7. The maximum Gasteiger partial charge on any atom is 0.303 e. The van der Waals surface area contributed by atoms with Crippen molar-refractivity contribution in [1.29, 1.82) is 0 Å². The molecule has 0 spiro atoms. The SMILES string of the molecule is C/C(=C\CCCC(=O)O)c1ccc(F)cc1. The van der Waals surface area contributed by atoms with Gasteiger partial charge in [-0.2, -0.15) is 0 Å². The van der Waals surface area contributed by atoms with Crippen molar-refractivity contribution in [3.63, 3.8) is 0 Å². The molecule has 0 saturated heterocycles. The van der Waals surface area contributed by atoms with Gasteiger partial charge in [-0.25, -0.2) is 4.39 Å². The zero-order chi connectivity index (χ0) is 12.0. The van der Waals surface area contributed by atoms with Gasteiger partial charge in [0, 0.05) is 6.42 Å². The fraction of sp³-hybridized carbons (Fsp3) is 0.308. The van der Waals surface area contributed by atoms with E-state index in [9.17, 15) is 9.18 Å². The molecule has 16 heavy (non-hydrogen) atoms. The number of hydrogen-bond acceptors (Lipinski definition) is 1. The van der Waals surface area contributed by atoms with Crippen LogP contribution in [0.3, 0.4) is 0 Å². The first-order chi connectivity index (χ1) is 7.59. The number of unbranched alkanes of at least 4 members (excludes halogenated alkanes) is 1. The van der Waals surface area contributed by atoms with Gasteiger partial charge < -0.3 is 5.11 Å². The van der Waals surface area contributed by atoms with E-state index in [0.29, 0.717) is 6.42 Å². The number of allylic oxidation sites excluding steroid dienone is 2. The predicted octanol–water partition coefficient (Wildman–Crippen LogP) is 3.48. The lowest BCUT2D eigenvalue weighted by molar-refractivity contribution is -0.137. The summed E-state index contributed by atoms with van der Waals surface area (Å²) in [5, 5.41) is 8.46. The summed E-state index contributed by atoms with van der Waals surface area (Å²) < 4.78 is 12.7. The monoisotopic (exact) mass is 222 g/mol. The minimum Gasteiger partial charge on any atom is -0.481 e. The minimum atomic E-state index is -0.771. The molecule has 0 aliphatic carbocycles. The van der Waals surface area contributed by atoms with Crippen LogP contribution in [0, 0.1) is 5.82 Å². The summed E-state index contributed by atoms with van der Waals surface area (Å²) in [6, 6.07) is 6.28. The predicted molar refractivity (Wildman–Crippen MR) is 61.5 cm³/mol. The first-order valence-corrected chi connectivity index (χ1v) is 5.24. The highest BCUT2D eigenvalue weighted by Gasteiger charge is 1.97. The van der Waals surface area contributed by atoms with Crippen molar-refractivity contribution in [3.8, 4) is 0 Å². The highest BCUT2D eigenvalue weighted by Crippen LogP contribution is 2.15. The van der Waals surface area contributed by atoms with Crippen molar-refractivity contribution in [2.45, 2.75) is 26.2 Å². The average molecular weight is 222 g/mol. The topological polar surface area (TPSA) is 37.3 Å². The van der Waals surface area contributed by atoms with Crippen LogP contribution in [0.4, 0.5) is 4.39 Å². The first kappa shape index (κ1) is 12.4. The van der Waals surface area contributed by atoms with Crippen LogP contribution in [-0.2, 0) is 4.79 Å². The van der Waals surface area contributed by atoms with Crippen LogP contribution in [-0.4, -0.2) is 11.1 Å². The molecule has 0 aliphatic rings. The summed E-state index contributed by atoms with van der Waals surface area (Å²) >= 11 is 0. The number of benzene rings is 1. The number of rotatable bonds is 5. The standard InChI is InChI=1S/C13H15FO2/c1-10(4-2-3-5-13(15)16)11-6-8-12(14)9-7-11/h4,6-9H,2-3,5H2,1H3,(H,15,16)/b10-4+. The van der Waals surface area contributed by atoms with Gasteiger partial charge in [-0.3, -0.25) is 4.79 Å². The molecule has 0 aromatic heterocycles. The third-order valence-electron chi connectivity index (χ3n) is 2.34. The second-order valence-electron chi connectivity index (χ2n) is 3.68. The van der Waals surface area contributed by atoms with E-state index in [1.165, 1.54) is 12.1 Å². The van der Waals surface area contributed by atoms with Gasteiger partial charge in [0.05, 0.1) is 0 Å². The van der Waals surface area contributed by atoms with E-state index in [0.717, 1.165) is 17.6 Å². The lowest BCUT2D eigenvalue weighted by Gasteiger charge is -2.01. The summed E-state index contributed by atoms with van der Waals surface area (Å²) in [5.74, 6) is -1.02. The van der Waals surface area contributed by atoms with E-state index in [2.05, 4.69) is 0 Å². The summed E-state index contributed by atoms with van der Waals surface area (Å²) in [4.78, 5) is 10.3. The smallest absolute Gasteiger partial charge is 0.303 e. The molecule has 1 N–H and O–H groups in total. The number of carboxylic acid groups (broad SMARTS) is 1. The number of halogens is 1. The van der Waals surface area contributed by atoms with Crippen LogP contribution < -0.4 is 0 Å². The minimum absolute atomic E-state index is 0.188. The van der Waals surface area contributed by atoms with E-state index in [-0.39, 0.29) is 12.2 Å². The lowest BCUT2D eigenvalue weighted by atomic mass is 10.1. The van der Waals surface area contributed by atoms with Crippen molar-refractivity contribution in [2.24, 2.45) is 0 Å². The Balaban J connectivity index is 2.50. The molecule has 0 bridgehead atoms. The molecule has 1 rings (SSSR count). The largest absolute Gasteiger partial charge is 0.481 e. The van der Waals surface area contributed by atoms with Gasteiger partial charge in [0.25, 0.3) is 0 Å². The fourth-order valence-corrected chi connectivity index (χ4v) is 1.40. The molecule has 0 heterocycles. The summed E-state index contributed by atoms with van der Waals surface area (Å²) in [6.45, 7) is 1.94. The van der Waals surface area contributed by atoms with Crippen molar-refractivity contribution < 1.29 is 14.3 Å². The van der Waals surface area contributed by atoms with Gasteiger partial charge in [-0.1, -0.05) is 18.2 Å². The Kier molecular flexibility index (Phi) is 4.70. The molecule has 0 atom stereocenters. The maximum atomic E-state index is 12.7.